The van der Waals surface area contributed by atoms with E-state index in [4.69, 9.17) is 4.74 Å². The maximum absolute atomic E-state index is 5.82. The minimum atomic E-state index is -2.10. The fourth-order valence-electron chi connectivity index (χ4n) is 3.79. The van der Waals surface area contributed by atoms with Crippen LogP contribution in [-0.4, -0.2) is 21.3 Å². The fraction of sp³-hybridized carbons (Fsp3) is 0.200. The van der Waals surface area contributed by atoms with Crippen molar-refractivity contribution in [1.82, 2.24) is 0 Å². The first kappa shape index (κ1) is 19.3. The Morgan fingerprint density at radius 3 is 1.52 bits per heavy atom. The van der Waals surface area contributed by atoms with Crippen LogP contribution in [0.1, 0.15) is 13.3 Å². The molecule has 138 valence electrons. The molecule has 0 N–H and O–H groups in total. The average molecular weight is 373 g/mol. The third-order valence-corrected chi connectivity index (χ3v) is 10.0. The minimum Gasteiger partial charge on any atom is -0.377 e. The molecular weight excluding hydrogens is 344 g/mol. The van der Waals surface area contributed by atoms with Crippen LogP contribution in [0.2, 0.25) is 6.04 Å². The van der Waals surface area contributed by atoms with Crippen molar-refractivity contribution in [3.8, 4) is 0 Å². The highest BCUT2D eigenvalue weighted by Crippen LogP contribution is 2.15. The summed E-state index contributed by atoms with van der Waals surface area (Å²) >= 11 is 0. The molecule has 0 aliphatic rings. The van der Waals surface area contributed by atoms with Gasteiger partial charge in [0, 0.05) is 6.61 Å². The highest BCUT2D eigenvalue weighted by Gasteiger charge is 2.38. The van der Waals surface area contributed by atoms with E-state index in [2.05, 4.69) is 97.6 Å². The van der Waals surface area contributed by atoms with Gasteiger partial charge >= 0.3 is 0 Å². The zero-order valence-electron chi connectivity index (χ0n) is 16.1. The molecule has 0 atom stereocenters. The first-order valence-corrected chi connectivity index (χ1v) is 11.8. The van der Waals surface area contributed by atoms with E-state index in [-0.39, 0.29) is 0 Å². The lowest BCUT2D eigenvalue weighted by Crippen LogP contribution is -2.67. The van der Waals surface area contributed by atoms with Crippen LogP contribution in [0.4, 0.5) is 0 Å². The second-order valence-corrected chi connectivity index (χ2v) is 11.2. The fourth-order valence-corrected chi connectivity index (χ4v) is 8.61. The molecular formula is C25H28OSi. The summed E-state index contributed by atoms with van der Waals surface area (Å²) in [4.78, 5) is 0. The van der Waals surface area contributed by atoms with E-state index in [1.165, 1.54) is 15.6 Å². The van der Waals surface area contributed by atoms with E-state index < -0.39 is 8.07 Å². The van der Waals surface area contributed by atoms with Gasteiger partial charge in [-0.15, -0.1) is 0 Å². The van der Waals surface area contributed by atoms with E-state index in [1.807, 2.05) is 6.92 Å². The number of rotatable bonds is 9. The van der Waals surface area contributed by atoms with E-state index in [0.717, 1.165) is 24.6 Å². The van der Waals surface area contributed by atoms with Gasteiger partial charge in [-0.3, -0.25) is 0 Å². The summed E-state index contributed by atoms with van der Waals surface area (Å²) < 4.78 is 5.82. The largest absolute Gasteiger partial charge is 0.377 e. The van der Waals surface area contributed by atoms with Crippen molar-refractivity contribution in [2.24, 2.45) is 0 Å². The minimum absolute atomic E-state index is 0.649. The monoisotopic (exact) mass is 372 g/mol. The van der Waals surface area contributed by atoms with Crippen molar-refractivity contribution in [2.75, 3.05) is 13.2 Å². The molecule has 3 aromatic rings. The van der Waals surface area contributed by atoms with Gasteiger partial charge in [-0.1, -0.05) is 103 Å². The Hall–Kier alpha value is -2.42. The van der Waals surface area contributed by atoms with E-state index in [0.29, 0.717) is 6.61 Å². The van der Waals surface area contributed by atoms with Gasteiger partial charge < -0.3 is 4.74 Å². The summed E-state index contributed by atoms with van der Waals surface area (Å²) in [5.41, 5.74) is 1.08. The molecule has 0 unspecified atom stereocenters. The second-order valence-electron chi connectivity index (χ2n) is 7.12. The molecule has 3 rings (SSSR count). The van der Waals surface area contributed by atoms with Crippen LogP contribution in [0.15, 0.2) is 103 Å². The number of hydrogen-bond donors (Lipinski definition) is 0. The lowest BCUT2D eigenvalue weighted by Gasteiger charge is -2.34. The van der Waals surface area contributed by atoms with Crippen LogP contribution >= 0.6 is 0 Å². The number of ether oxygens (including phenoxy) is 1. The molecule has 2 heteroatoms. The third-order valence-electron chi connectivity index (χ3n) is 4.99. The molecule has 0 heterocycles. The SMILES string of the molecule is C=C(C)COCCC[Si](c1ccccc1)(c1ccccc1)c1ccccc1. The molecule has 0 spiro atoms. The Balaban J connectivity index is 2.02. The predicted octanol–water partition coefficient (Wildman–Crippen LogP) is 4.14. The highest BCUT2D eigenvalue weighted by molar-refractivity contribution is 7.11. The standard InChI is InChI=1S/C25H28OSi/c1-22(2)21-26-19-12-20-27(23-13-6-3-7-14-23,24-15-8-4-9-16-24)25-17-10-5-11-18-25/h3-11,13-18H,1,12,19-21H2,2H3. The van der Waals surface area contributed by atoms with Gasteiger partial charge in [0.25, 0.3) is 0 Å². The Bertz CT molecular complexity index is 731. The van der Waals surface area contributed by atoms with Gasteiger partial charge in [-0.05, 0) is 34.9 Å². The Morgan fingerprint density at radius 1 is 0.741 bits per heavy atom. The van der Waals surface area contributed by atoms with Crippen LogP contribution in [0.3, 0.4) is 0 Å². The van der Waals surface area contributed by atoms with E-state index in [1.54, 1.807) is 0 Å². The van der Waals surface area contributed by atoms with Gasteiger partial charge in [-0.2, -0.15) is 0 Å². The zero-order chi connectivity index (χ0) is 19.0. The van der Waals surface area contributed by atoms with Gasteiger partial charge in [0.1, 0.15) is 8.07 Å². The van der Waals surface area contributed by atoms with Crippen molar-refractivity contribution in [3.05, 3.63) is 103 Å². The van der Waals surface area contributed by atoms with E-state index in [9.17, 15) is 0 Å². The first-order valence-electron chi connectivity index (χ1n) is 9.62. The molecule has 0 radical (unpaired) electrons. The van der Waals surface area contributed by atoms with Crippen molar-refractivity contribution < 1.29 is 4.74 Å². The summed E-state index contributed by atoms with van der Waals surface area (Å²) in [6.45, 7) is 7.36. The predicted molar refractivity (Wildman–Crippen MR) is 119 cm³/mol. The lowest BCUT2D eigenvalue weighted by molar-refractivity contribution is 0.157. The summed E-state index contributed by atoms with van der Waals surface area (Å²) in [7, 11) is -2.10. The third kappa shape index (κ3) is 4.65. The van der Waals surface area contributed by atoms with Crippen LogP contribution in [0.25, 0.3) is 0 Å². The molecule has 0 bridgehead atoms. The Kier molecular flexibility index (Phi) is 6.80. The smallest absolute Gasteiger partial charge is 0.148 e. The molecule has 0 saturated carbocycles. The van der Waals surface area contributed by atoms with Crippen molar-refractivity contribution in [2.45, 2.75) is 19.4 Å². The second kappa shape index (κ2) is 9.49. The molecule has 1 nitrogen and oxygen atoms in total. The summed E-state index contributed by atoms with van der Waals surface area (Å²) in [5.74, 6) is 0. The summed E-state index contributed by atoms with van der Waals surface area (Å²) in [5, 5.41) is 4.38. The van der Waals surface area contributed by atoms with Gasteiger partial charge in [0.2, 0.25) is 0 Å². The number of hydrogen-bond acceptors (Lipinski definition) is 1. The van der Waals surface area contributed by atoms with Crippen LogP contribution in [0.5, 0.6) is 0 Å². The maximum Gasteiger partial charge on any atom is 0.148 e. The molecule has 0 saturated heterocycles. The first-order chi connectivity index (χ1) is 13.2. The summed E-state index contributed by atoms with van der Waals surface area (Å²) in [6, 6.07) is 34.3. The maximum atomic E-state index is 5.82. The molecule has 0 fully saturated rings. The van der Waals surface area contributed by atoms with Crippen LogP contribution < -0.4 is 15.6 Å². The molecule has 0 aromatic heterocycles. The van der Waals surface area contributed by atoms with Gasteiger partial charge in [-0.25, -0.2) is 0 Å². The van der Waals surface area contributed by atoms with Gasteiger partial charge in [0.05, 0.1) is 6.61 Å². The quantitative estimate of drug-likeness (QED) is 0.237. The molecule has 0 aliphatic heterocycles. The normalized spacial score (nSPS) is 11.3. The molecule has 0 aliphatic carbocycles. The average Bonchev–Trinajstić information content (AvgIpc) is 2.73. The Labute approximate surface area is 164 Å². The van der Waals surface area contributed by atoms with E-state index >= 15 is 0 Å². The van der Waals surface area contributed by atoms with Crippen LogP contribution in [-0.2, 0) is 4.74 Å². The van der Waals surface area contributed by atoms with Gasteiger partial charge in [0.15, 0.2) is 0 Å². The Morgan fingerprint density at radius 2 is 1.15 bits per heavy atom. The number of benzene rings is 3. The molecule has 3 aromatic carbocycles. The topological polar surface area (TPSA) is 9.23 Å². The van der Waals surface area contributed by atoms with Crippen molar-refractivity contribution in [1.29, 1.82) is 0 Å². The van der Waals surface area contributed by atoms with Crippen molar-refractivity contribution >= 4 is 23.6 Å². The van der Waals surface area contributed by atoms with Crippen LogP contribution in [0, 0.1) is 0 Å². The molecule has 27 heavy (non-hydrogen) atoms. The highest BCUT2D eigenvalue weighted by atomic mass is 28.3. The molecule has 0 amide bonds. The lowest BCUT2D eigenvalue weighted by atomic mass is 10.3. The zero-order valence-corrected chi connectivity index (χ0v) is 17.1. The summed E-state index contributed by atoms with van der Waals surface area (Å²) in [6.07, 6.45) is 1.04. The van der Waals surface area contributed by atoms with Crippen molar-refractivity contribution in [3.63, 3.8) is 0 Å².